The highest BCUT2D eigenvalue weighted by Crippen LogP contribution is 2.38. The maximum absolute atomic E-state index is 15.0. The summed E-state index contributed by atoms with van der Waals surface area (Å²) in [5, 5.41) is 6.62. The molecule has 0 atom stereocenters. The van der Waals surface area contributed by atoms with Gasteiger partial charge in [-0.1, -0.05) is 0 Å². The summed E-state index contributed by atoms with van der Waals surface area (Å²) in [6, 6.07) is 10.5. The molecule has 0 aliphatic carbocycles. The van der Waals surface area contributed by atoms with Crippen molar-refractivity contribution in [3.05, 3.63) is 60.1 Å². The molecule has 0 spiro atoms. The third-order valence-corrected chi connectivity index (χ3v) is 5.70. The van der Waals surface area contributed by atoms with Crippen molar-refractivity contribution < 1.29 is 18.3 Å². The Morgan fingerprint density at radius 3 is 2.56 bits per heavy atom. The summed E-state index contributed by atoms with van der Waals surface area (Å²) in [4.78, 5) is 13.4. The number of fused-ring (bicyclic) bond motifs is 1. The molecule has 34 heavy (non-hydrogen) atoms. The quantitative estimate of drug-likeness (QED) is 0.386. The van der Waals surface area contributed by atoms with E-state index in [-0.39, 0.29) is 28.3 Å². The third-order valence-electron chi connectivity index (χ3n) is 5.70. The Balaban J connectivity index is 1.40. The molecule has 1 aliphatic heterocycles. The molecular formula is C24H24F2N6O2. The number of halogens is 2. The molecule has 5 rings (SSSR count). The molecule has 3 heterocycles. The summed E-state index contributed by atoms with van der Waals surface area (Å²) in [5.41, 5.74) is 2.64. The molecule has 0 radical (unpaired) electrons. The standard InChI is InChI=1S/C24H24F2N6O2/c1-14-11-17-20(26)19(12-18(25)21(17)30-14)34-24-22(33-2)23(28-13-29-24)31-15-3-5-16(6-4-15)32-9-7-27-8-10-32/h3-6,11-13,27,30H,7-10H2,1-2H3,(H,28,29,31). The Hall–Kier alpha value is -3.92. The minimum Gasteiger partial charge on any atom is -0.489 e. The number of hydrogen-bond acceptors (Lipinski definition) is 7. The summed E-state index contributed by atoms with van der Waals surface area (Å²) in [6.07, 6.45) is 1.27. The zero-order valence-corrected chi connectivity index (χ0v) is 18.8. The molecule has 0 bridgehead atoms. The van der Waals surface area contributed by atoms with Gasteiger partial charge in [0.15, 0.2) is 23.2 Å². The lowest BCUT2D eigenvalue weighted by Crippen LogP contribution is -2.43. The van der Waals surface area contributed by atoms with Gasteiger partial charge in [0.1, 0.15) is 6.33 Å². The number of rotatable bonds is 6. The van der Waals surface area contributed by atoms with Crippen LogP contribution in [0.1, 0.15) is 5.69 Å². The van der Waals surface area contributed by atoms with Crippen LogP contribution in [0.15, 0.2) is 42.7 Å². The SMILES string of the molecule is COc1c(Nc2ccc(N3CCNCC3)cc2)ncnc1Oc1cc(F)c2[nH]c(C)cc2c1F. The lowest BCUT2D eigenvalue weighted by Gasteiger charge is -2.29. The van der Waals surface area contributed by atoms with Crippen LogP contribution in [0.25, 0.3) is 10.9 Å². The van der Waals surface area contributed by atoms with Crippen LogP contribution in [0.2, 0.25) is 0 Å². The summed E-state index contributed by atoms with van der Waals surface area (Å²) < 4.78 is 40.6. The molecule has 8 nitrogen and oxygen atoms in total. The fourth-order valence-corrected chi connectivity index (χ4v) is 4.03. The number of ether oxygens (including phenoxy) is 2. The van der Waals surface area contributed by atoms with Crippen molar-refractivity contribution >= 4 is 28.1 Å². The van der Waals surface area contributed by atoms with Crippen LogP contribution in [-0.4, -0.2) is 48.2 Å². The van der Waals surface area contributed by atoms with Crippen molar-refractivity contribution in [3.8, 4) is 17.4 Å². The van der Waals surface area contributed by atoms with Crippen molar-refractivity contribution in [1.82, 2.24) is 20.3 Å². The number of aryl methyl sites for hydroxylation is 1. The van der Waals surface area contributed by atoms with E-state index in [2.05, 4.69) is 30.5 Å². The second-order valence-corrected chi connectivity index (χ2v) is 7.98. The first-order valence-electron chi connectivity index (χ1n) is 10.9. The summed E-state index contributed by atoms with van der Waals surface area (Å²) in [6.45, 7) is 5.56. The van der Waals surface area contributed by atoms with E-state index in [0.717, 1.165) is 43.6 Å². The Morgan fingerprint density at radius 2 is 1.82 bits per heavy atom. The van der Waals surface area contributed by atoms with Crippen molar-refractivity contribution in [3.63, 3.8) is 0 Å². The lowest BCUT2D eigenvalue weighted by atomic mass is 10.2. The zero-order valence-electron chi connectivity index (χ0n) is 18.8. The molecule has 176 valence electrons. The van der Waals surface area contributed by atoms with Crippen molar-refractivity contribution in [2.24, 2.45) is 0 Å². The number of hydrogen-bond donors (Lipinski definition) is 3. The Bertz CT molecular complexity index is 1320. The van der Waals surface area contributed by atoms with Crippen LogP contribution in [0.4, 0.5) is 26.0 Å². The smallest absolute Gasteiger partial charge is 0.268 e. The average molecular weight is 466 g/mol. The topological polar surface area (TPSA) is 87.3 Å². The number of aromatic nitrogens is 3. The van der Waals surface area contributed by atoms with E-state index in [9.17, 15) is 4.39 Å². The van der Waals surface area contributed by atoms with Gasteiger partial charge in [-0.25, -0.2) is 13.8 Å². The second kappa shape index (κ2) is 9.14. The number of methoxy groups -OCH3 is 1. The fraction of sp³-hybridized carbons (Fsp3) is 0.250. The van der Waals surface area contributed by atoms with Gasteiger partial charge < -0.3 is 30.0 Å². The maximum atomic E-state index is 15.0. The highest BCUT2D eigenvalue weighted by molar-refractivity contribution is 5.83. The maximum Gasteiger partial charge on any atom is 0.268 e. The first-order chi connectivity index (χ1) is 16.5. The molecule has 0 unspecified atom stereocenters. The number of nitrogens with zero attached hydrogens (tertiary/aromatic N) is 3. The number of anilines is 3. The molecule has 2 aromatic heterocycles. The number of piperazine rings is 1. The molecule has 4 aromatic rings. The van der Waals surface area contributed by atoms with Gasteiger partial charge in [-0.3, -0.25) is 0 Å². The van der Waals surface area contributed by atoms with E-state index in [0.29, 0.717) is 11.5 Å². The predicted molar refractivity (Wildman–Crippen MR) is 126 cm³/mol. The first kappa shape index (κ1) is 21.9. The van der Waals surface area contributed by atoms with Crippen LogP contribution in [0.3, 0.4) is 0 Å². The molecule has 2 aromatic carbocycles. The van der Waals surface area contributed by atoms with Crippen molar-refractivity contribution in [2.45, 2.75) is 6.92 Å². The highest BCUT2D eigenvalue weighted by atomic mass is 19.1. The minimum absolute atomic E-state index is 0.0395. The zero-order chi connectivity index (χ0) is 23.7. The number of nitrogens with one attached hydrogen (secondary N) is 3. The molecule has 0 saturated carbocycles. The van der Waals surface area contributed by atoms with Gasteiger partial charge in [-0.2, -0.15) is 4.98 Å². The number of H-pyrrole nitrogens is 1. The van der Waals surface area contributed by atoms with E-state index in [4.69, 9.17) is 9.47 Å². The Morgan fingerprint density at radius 1 is 1.06 bits per heavy atom. The van der Waals surface area contributed by atoms with Crippen LogP contribution < -0.4 is 25.0 Å². The van der Waals surface area contributed by atoms with E-state index in [1.807, 2.05) is 24.3 Å². The van der Waals surface area contributed by atoms with Crippen molar-refractivity contribution in [2.75, 3.05) is 43.5 Å². The largest absolute Gasteiger partial charge is 0.489 e. The van der Waals surface area contributed by atoms with Gasteiger partial charge in [0.25, 0.3) is 5.88 Å². The monoisotopic (exact) mass is 466 g/mol. The molecule has 1 aliphatic rings. The van der Waals surface area contributed by atoms with Gasteiger partial charge in [0.2, 0.25) is 5.75 Å². The fourth-order valence-electron chi connectivity index (χ4n) is 4.03. The van der Waals surface area contributed by atoms with Crippen LogP contribution in [-0.2, 0) is 0 Å². The van der Waals surface area contributed by atoms with Gasteiger partial charge in [-0.15, -0.1) is 0 Å². The lowest BCUT2D eigenvalue weighted by molar-refractivity contribution is 0.360. The third kappa shape index (κ3) is 4.19. The van der Waals surface area contributed by atoms with Crippen molar-refractivity contribution in [1.29, 1.82) is 0 Å². The molecule has 1 saturated heterocycles. The van der Waals surface area contributed by atoms with Gasteiger partial charge in [0, 0.05) is 54.7 Å². The summed E-state index contributed by atoms with van der Waals surface area (Å²) in [7, 11) is 1.43. The van der Waals surface area contributed by atoms with Crippen LogP contribution in [0, 0.1) is 18.6 Å². The number of aromatic amines is 1. The molecule has 3 N–H and O–H groups in total. The molecule has 10 heteroatoms. The highest BCUT2D eigenvalue weighted by Gasteiger charge is 2.20. The molecule has 1 fully saturated rings. The Kier molecular flexibility index (Phi) is 5.89. The van der Waals surface area contributed by atoms with Gasteiger partial charge in [0.05, 0.1) is 12.6 Å². The van der Waals surface area contributed by atoms with E-state index in [1.54, 1.807) is 6.92 Å². The molecule has 0 amide bonds. The van der Waals surface area contributed by atoms with Crippen LogP contribution in [0.5, 0.6) is 17.4 Å². The van der Waals surface area contributed by atoms with E-state index >= 15 is 4.39 Å². The van der Waals surface area contributed by atoms with Crippen LogP contribution >= 0.6 is 0 Å². The van der Waals surface area contributed by atoms with Gasteiger partial charge in [-0.05, 0) is 37.3 Å². The van der Waals surface area contributed by atoms with E-state index in [1.165, 1.54) is 19.5 Å². The predicted octanol–water partition coefficient (Wildman–Crippen LogP) is 4.50. The first-order valence-corrected chi connectivity index (χ1v) is 10.9. The molecular weight excluding hydrogens is 442 g/mol. The Labute approximate surface area is 194 Å². The second-order valence-electron chi connectivity index (χ2n) is 7.98. The summed E-state index contributed by atoms with van der Waals surface area (Å²) in [5.74, 6) is -1.16. The van der Waals surface area contributed by atoms with Gasteiger partial charge >= 0.3 is 0 Å². The minimum atomic E-state index is -0.695. The van der Waals surface area contributed by atoms with E-state index < -0.39 is 11.6 Å². The average Bonchev–Trinajstić information content (AvgIpc) is 3.26. The normalized spacial score (nSPS) is 13.8. The summed E-state index contributed by atoms with van der Waals surface area (Å²) >= 11 is 0. The number of benzene rings is 2.